The lowest BCUT2D eigenvalue weighted by atomic mass is 10.1. The molecule has 0 spiro atoms. The van der Waals surface area contributed by atoms with Crippen LogP contribution < -0.4 is 10.8 Å². The topological polar surface area (TPSA) is 87.6 Å². The van der Waals surface area contributed by atoms with Gasteiger partial charge in [-0.3, -0.25) is 10.1 Å². The first-order valence-corrected chi connectivity index (χ1v) is 3.99. The number of benzene rings is 1. The van der Waals surface area contributed by atoms with Crippen molar-refractivity contribution in [3.05, 3.63) is 33.9 Å². The minimum absolute atomic E-state index is 0.00190. The molecule has 0 bridgehead atoms. The molecule has 6 nitrogen and oxygen atoms in total. The first-order chi connectivity index (χ1) is 6.69. The van der Waals surface area contributed by atoms with Crippen LogP contribution in [-0.2, 0) is 11.4 Å². The van der Waals surface area contributed by atoms with Crippen LogP contribution in [0.2, 0.25) is 0 Å². The maximum atomic E-state index is 10.6. The Morgan fingerprint density at radius 2 is 2.29 bits per heavy atom. The summed E-state index contributed by atoms with van der Waals surface area (Å²) in [6, 6.07) is 4.43. The van der Waals surface area contributed by atoms with Gasteiger partial charge in [-0.05, 0) is 18.6 Å². The van der Waals surface area contributed by atoms with Crippen molar-refractivity contribution in [3.63, 3.8) is 0 Å². The third-order valence-corrected chi connectivity index (χ3v) is 1.78. The van der Waals surface area contributed by atoms with Crippen LogP contribution >= 0.6 is 0 Å². The van der Waals surface area contributed by atoms with Crippen LogP contribution in [0, 0.1) is 10.1 Å². The fourth-order valence-electron chi connectivity index (χ4n) is 1.12. The summed E-state index contributed by atoms with van der Waals surface area (Å²) in [6.07, 6.45) is 0.583. The molecule has 0 fully saturated rings. The molecule has 0 amide bonds. The lowest BCUT2D eigenvalue weighted by molar-refractivity contribution is -0.385. The van der Waals surface area contributed by atoms with E-state index in [1.165, 1.54) is 6.07 Å². The molecular weight excluding hydrogens is 188 g/mol. The van der Waals surface area contributed by atoms with Crippen molar-refractivity contribution in [1.29, 1.82) is 0 Å². The molecule has 0 aromatic heterocycles. The van der Waals surface area contributed by atoms with Gasteiger partial charge in [0.15, 0.2) is 5.75 Å². The van der Waals surface area contributed by atoms with Crippen molar-refractivity contribution in [2.75, 3.05) is 0 Å². The molecule has 0 atom stereocenters. The molecule has 0 radical (unpaired) electrons. The van der Waals surface area contributed by atoms with E-state index in [1.54, 1.807) is 12.1 Å². The van der Waals surface area contributed by atoms with Gasteiger partial charge < -0.3 is 4.89 Å². The molecule has 1 aromatic rings. The molecule has 0 aliphatic carbocycles. The highest BCUT2D eigenvalue weighted by molar-refractivity contribution is 5.45. The van der Waals surface area contributed by atoms with Crippen LogP contribution in [0.1, 0.15) is 12.5 Å². The Morgan fingerprint density at radius 1 is 1.57 bits per heavy atom. The summed E-state index contributed by atoms with van der Waals surface area (Å²) >= 11 is 0. The highest BCUT2D eigenvalue weighted by atomic mass is 17.3. The minimum Gasteiger partial charge on any atom is -0.319 e. The van der Waals surface area contributed by atoms with Gasteiger partial charge in [0, 0.05) is 5.56 Å². The van der Waals surface area contributed by atoms with Crippen molar-refractivity contribution >= 4 is 5.69 Å². The Bertz CT molecular complexity index is 340. The number of hydrogen-bond acceptors (Lipinski definition) is 5. The lowest BCUT2D eigenvalue weighted by Gasteiger charge is -2.02. The molecule has 2 N–H and O–H groups in total. The Kier molecular flexibility index (Phi) is 3.38. The number of aryl methyl sites for hydroxylation is 1. The van der Waals surface area contributed by atoms with Crippen LogP contribution in [-0.4, -0.2) is 4.92 Å². The van der Waals surface area contributed by atoms with E-state index in [-0.39, 0.29) is 11.4 Å². The quantitative estimate of drug-likeness (QED) is 0.448. The molecule has 1 aromatic carbocycles. The molecule has 0 aliphatic heterocycles. The van der Waals surface area contributed by atoms with Crippen molar-refractivity contribution in [2.45, 2.75) is 13.3 Å². The zero-order valence-corrected chi connectivity index (χ0v) is 7.60. The van der Waals surface area contributed by atoms with Crippen LogP contribution in [0.3, 0.4) is 0 Å². The molecule has 76 valence electrons. The Balaban J connectivity index is 3.07. The molecule has 0 unspecified atom stereocenters. The van der Waals surface area contributed by atoms with Gasteiger partial charge in [-0.25, -0.2) is 0 Å². The molecule has 0 heterocycles. The molecule has 1 rings (SSSR count). The van der Waals surface area contributed by atoms with Crippen LogP contribution in [0.5, 0.6) is 5.75 Å². The fraction of sp³-hybridized carbons (Fsp3) is 0.250. The third kappa shape index (κ3) is 2.18. The molecule has 0 saturated heterocycles. The predicted octanol–water partition coefficient (Wildman–Crippen LogP) is 1.34. The Morgan fingerprint density at radius 3 is 2.79 bits per heavy atom. The molecule has 6 heteroatoms. The third-order valence-electron chi connectivity index (χ3n) is 1.78. The lowest BCUT2D eigenvalue weighted by Crippen LogP contribution is -2.04. The number of nitro groups is 1. The smallest absolute Gasteiger partial charge is 0.276 e. The summed E-state index contributed by atoms with van der Waals surface area (Å²) in [5.41, 5.74) is 0.640. The van der Waals surface area contributed by atoms with Gasteiger partial charge in [0.25, 0.3) is 5.69 Å². The van der Waals surface area contributed by atoms with E-state index in [9.17, 15) is 10.1 Å². The Hall–Kier alpha value is -1.66. The summed E-state index contributed by atoms with van der Waals surface area (Å²) in [5, 5.41) is 10.6. The average Bonchev–Trinajstić information content (AvgIpc) is 2.18. The maximum absolute atomic E-state index is 10.6. The number of nitrogens with zero attached hydrogens (tertiary/aromatic N) is 1. The van der Waals surface area contributed by atoms with Crippen molar-refractivity contribution in [3.8, 4) is 5.75 Å². The normalized spacial score (nSPS) is 9.86. The van der Waals surface area contributed by atoms with Gasteiger partial charge in [-0.15, -0.1) is 0 Å². The highest BCUT2D eigenvalue weighted by Crippen LogP contribution is 2.24. The SMILES string of the molecule is CCc1ccc(OON)cc1[N+](=O)[O-]. The van der Waals surface area contributed by atoms with E-state index >= 15 is 0 Å². The largest absolute Gasteiger partial charge is 0.319 e. The van der Waals surface area contributed by atoms with Gasteiger partial charge in [0.2, 0.25) is 0 Å². The van der Waals surface area contributed by atoms with E-state index in [1.807, 2.05) is 6.92 Å². The maximum Gasteiger partial charge on any atom is 0.276 e. The zero-order chi connectivity index (χ0) is 10.6. The monoisotopic (exact) mass is 198 g/mol. The number of nitrogens with two attached hydrogens (primary N) is 1. The van der Waals surface area contributed by atoms with Crippen LogP contribution in [0.15, 0.2) is 18.2 Å². The second kappa shape index (κ2) is 4.54. The van der Waals surface area contributed by atoms with E-state index in [0.29, 0.717) is 12.0 Å². The van der Waals surface area contributed by atoms with E-state index in [2.05, 4.69) is 15.8 Å². The van der Waals surface area contributed by atoms with E-state index in [4.69, 9.17) is 0 Å². The van der Waals surface area contributed by atoms with Crippen molar-refractivity contribution < 1.29 is 14.8 Å². The summed E-state index contributed by atoms with van der Waals surface area (Å²) in [5.74, 6) is 4.87. The fourth-order valence-corrected chi connectivity index (χ4v) is 1.12. The molecule has 14 heavy (non-hydrogen) atoms. The van der Waals surface area contributed by atoms with Crippen molar-refractivity contribution in [2.24, 2.45) is 5.90 Å². The van der Waals surface area contributed by atoms with Gasteiger partial charge in [-0.1, -0.05) is 11.9 Å². The first kappa shape index (κ1) is 10.4. The molecule has 0 aliphatic rings. The molecular formula is C8H10N2O4. The summed E-state index contributed by atoms with van der Waals surface area (Å²) in [7, 11) is 0. The second-order valence-electron chi connectivity index (χ2n) is 2.58. The van der Waals surface area contributed by atoms with Gasteiger partial charge >= 0.3 is 0 Å². The summed E-state index contributed by atoms with van der Waals surface area (Å²) in [4.78, 5) is 18.5. The number of nitro benzene ring substituents is 1. The minimum atomic E-state index is -0.470. The van der Waals surface area contributed by atoms with Crippen LogP contribution in [0.25, 0.3) is 0 Å². The van der Waals surface area contributed by atoms with E-state index in [0.717, 1.165) is 0 Å². The standard InChI is InChI=1S/C8H10N2O4/c1-2-6-3-4-7(13-14-9)5-8(6)10(11)12/h3-5H,2,9H2,1H3. The average molecular weight is 198 g/mol. The summed E-state index contributed by atoms with van der Waals surface area (Å²) in [6.45, 7) is 1.84. The first-order valence-electron chi connectivity index (χ1n) is 3.99. The highest BCUT2D eigenvalue weighted by Gasteiger charge is 2.13. The van der Waals surface area contributed by atoms with Crippen LogP contribution in [0.4, 0.5) is 5.69 Å². The predicted molar refractivity (Wildman–Crippen MR) is 48.4 cm³/mol. The van der Waals surface area contributed by atoms with Gasteiger partial charge in [0.05, 0.1) is 11.0 Å². The Labute approximate surface area is 80.3 Å². The summed E-state index contributed by atoms with van der Waals surface area (Å²) < 4.78 is 0. The molecule has 0 saturated carbocycles. The van der Waals surface area contributed by atoms with Gasteiger partial charge in [0.1, 0.15) is 0 Å². The van der Waals surface area contributed by atoms with E-state index < -0.39 is 4.92 Å². The van der Waals surface area contributed by atoms with Gasteiger partial charge in [-0.2, -0.15) is 5.90 Å². The van der Waals surface area contributed by atoms with Crippen molar-refractivity contribution in [1.82, 2.24) is 0 Å². The zero-order valence-electron chi connectivity index (χ0n) is 7.60. The number of hydrogen-bond donors (Lipinski definition) is 1. The second-order valence-corrected chi connectivity index (χ2v) is 2.58. The number of rotatable bonds is 4.